The molecule has 3 aliphatic carbocycles. The number of aliphatic hydroxyl groups is 2. The number of aromatic nitrogens is 1. The summed E-state index contributed by atoms with van der Waals surface area (Å²) in [5.41, 5.74) is 6.47. The van der Waals surface area contributed by atoms with Gasteiger partial charge in [0.2, 0.25) is 0 Å². The third kappa shape index (κ3) is 8.01. The number of aryl methyl sites for hydroxylation is 1. The Balaban J connectivity index is 1.24. The van der Waals surface area contributed by atoms with Gasteiger partial charge in [0.1, 0.15) is 24.9 Å². The number of aliphatic hydroxyl groups excluding tert-OH is 2. The Hall–Kier alpha value is -5.24. The molecule has 0 spiro atoms. The molecule has 10 nitrogen and oxygen atoms in total. The van der Waals surface area contributed by atoms with Crippen LogP contribution in [0.2, 0.25) is 0 Å². The van der Waals surface area contributed by atoms with Gasteiger partial charge in [-0.3, -0.25) is 9.59 Å². The van der Waals surface area contributed by atoms with E-state index in [2.05, 4.69) is 29.0 Å². The van der Waals surface area contributed by atoms with Crippen LogP contribution in [-0.2, 0) is 27.2 Å². The molecular weight excluding hydrogens is 723 g/mol. The summed E-state index contributed by atoms with van der Waals surface area (Å²) in [6.45, 7) is -0.164. The summed E-state index contributed by atoms with van der Waals surface area (Å²) in [6.07, 6.45) is 6.88. The van der Waals surface area contributed by atoms with Gasteiger partial charge in [0.15, 0.2) is 23.0 Å². The highest BCUT2D eigenvalue weighted by atomic mass is 16.5. The fourth-order valence-corrected chi connectivity index (χ4v) is 10.3. The molecule has 10 heteroatoms. The number of ketones is 1. The van der Waals surface area contributed by atoms with Crippen LogP contribution in [0.4, 0.5) is 0 Å². The zero-order chi connectivity index (χ0) is 39.6. The number of aromatic amines is 1. The van der Waals surface area contributed by atoms with Crippen molar-refractivity contribution in [1.82, 2.24) is 4.98 Å². The molecule has 4 aliphatic rings. The second-order valence-corrected chi connectivity index (χ2v) is 16.2. The number of nitrogens with one attached hydrogen (secondary N) is 1. The van der Waals surface area contributed by atoms with Crippen molar-refractivity contribution >= 4 is 28.2 Å². The van der Waals surface area contributed by atoms with Gasteiger partial charge in [-0.15, -0.1) is 0 Å². The summed E-state index contributed by atoms with van der Waals surface area (Å²) < 4.78 is 17.3. The number of phenolic OH excluding ortho intramolecular Hbond substituents is 2. The first-order valence-corrected chi connectivity index (χ1v) is 20.3. The topological polar surface area (TPSA) is 159 Å². The van der Waals surface area contributed by atoms with Gasteiger partial charge < -0.3 is 39.6 Å². The minimum absolute atomic E-state index is 0.0167. The van der Waals surface area contributed by atoms with E-state index in [1.54, 1.807) is 25.3 Å². The molecule has 2 saturated carbocycles. The smallest absolute Gasteiger partial charge is 0.318 e. The van der Waals surface area contributed by atoms with Gasteiger partial charge in [-0.2, -0.15) is 0 Å². The molecule has 1 aliphatic heterocycles. The van der Waals surface area contributed by atoms with Gasteiger partial charge >= 0.3 is 5.97 Å². The number of aromatic hydroxyl groups is 2. The summed E-state index contributed by atoms with van der Waals surface area (Å²) >= 11 is 0. The molecule has 2 bridgehead atoms. The Labute approximate surface area is 332 Å². The van der Waals surface area contributed by atoms with E-state index in [9.17, 15) is 30.0 Å². The van der Waals surface area contributed by atoms with Gasteiger partial charge in [0, 0.05) is 35.7 Å². The molecule has 8 rings (SSSR count). The lowest BCUT2D eigenvalue weighted by Gasteiger charge is -2.49. The molecule has 0 radical (unpaired) electrons. The predicted molar refractivity (Wildman–Crippen MR) is 215 cm³/mol. The lowest BCUT2D eigenvalue weighted by Crippen LogP contribution is -2.42. The van der Waals surface area contributed by atoms with E-state index in [4.69, 9.17) is 14.2 Å². The van der Waals surface area contributed by atoms with E-state index in [-0.39, 0.29) is 85.3 Å². The summed E-state index contributed by atoms with van der Waals surface area (Å²) in [5, 5.41) is 42.7. The second-order valence-electron chi connectivity index (χ2n) is 16.2. The summed E-state index contributed by atoms with van der Waals surface area (Å²) in [4.78, 5) is 31.7. The number of allylic oxidation sites excluding steroid dienone is 1. The van der Waals surface area contributed by atoms with Gasteiger partial charge in [-0.25, -0.2) is 0 Å². The average Bonchev–Trinajstić information content (AvgIpc) is 3.51. The Morgan fingerprint density at radius 3 is 2.61 bits per heavy atom. The molecular formula is C47H51NO9. The number of para-hydroxylation sites is 1. The van der Waals surface area contributed by atoms with Crippen LogP contribution in [0.25, 0.3) is 16.5 Å². The summed E-state index contributed by atoms with van der Waals surface area (Å²) in [7, 11) is 1.54. The molecule has 4 aromatic rings. The van der Waals surface area contributed by atoms with Crippen molar-refractivity contribution < 1.29 is 44.2 Å². The number of carbonyl (C=O) groups excluding carboxylic acids is 2. The molecule has 3 aromatic carbocycles. The van der Waals surface area contributed by atoms with Crippen molar-refractivity contribution in [3.05, 3.63) is 88.6 Å². The number of H-pyrrole nitrogens is 1. The van der Waals surface area contributed by atoms with Crippen molar-refractivity contribution in [2.45, 2.75) is 88.8 Å². The van der Waals surface area contributed by atoms with E-state index in [0.29, 0.717) is 30.9 Å². The number of phenols is 2. The number of methoxy groups -OCH3 is 1. The van der Waals surface area contributed by atoms with Crippen molar-refractivity contribution in [3.8, 4) is 34.8 Å². The highest BCUT2D eigenvalue weighted by molar-refractivity contribution is 5.94. The van der Waals surface area contributed by atoms with Crippen LogP contribution < -0.4 is 9.47 Å². The Bertz CT molecular complexity index is 2240. The number of carbonyl (C=O) groups is 2. The second kappa shape index (κ2) is 16.7. The zero-order valence-electron chi connectivity index (χ0n) is 32.3. The maximum absolute atomic E-state index is 14.6. The maximum atomic E-state index is 14.6. The highest BCUT2D eigenvalue weighted by Crippen LogP contribution is 2.57. The number of ether oxygens (including phenoxy) is 3. The minimum Gasteiger partial charge on any atom is -0.504 e. The number of hydrogen-bond donors (Lipinski definition) is 5. The normalized spacial score (nSPS) is 26.1. The molecule has 0 amide bonds. The standard InChI is InChI=1S/C47H51NO9/c1-55-43-26-37-36(25-42(43)53)39-22-29-13-12-28-21-30(50)14-16-33(28)46(29)38(37)24-31(51)23-32(15-10-27-11-17-41(52)44(20-27)56-19-18-49)57-45(54)9-5-3-7-35-34-6-2-4-8-40(34)48-47(35)39/h2,4,6,8,11,17,20,22,25-26,28-30,32-33,38,46,48-50,52-53H,7,9-10,12-16,18-19,21,23-24H2,1H3. The molecule has 2 heterocycles. The van der Waals surface area contributed by atoms with Gasteiger partial charge in [0.05, 0.1) is 25.5 Å². The molecule has 1 aromatic heterocycles. The number of rotatable bonds is 7. The minimum atomic E-state index is -0.719. The third-order valence-electron chi connectivity index (χ3n) is 12.8. The molecule has 7 unspecified atom stereocenters. The summed E-state index contributed by atoms with van der Waals surface area (Å²) in [5.74, 6) is 6.95. The highest BCUT2D eigenvalue weighted by Gasteiger charge is 2.48. The van der Waals surface area contributed by atoms with Crippen molar-refractivity contribution in [2.24, 2.45) is 23.7 Å². The molecule has 0 saturated heterocycles. The quantitative estimate of drug-likeness (QED) is 0.0973. The molecule has 2 fully saturated rings. The molecule has 5 N–H and O–H groups in total. The van der Waals surface area contributed by atoms with Crippen LogP contribution in [0.3, 0.4) is 0 Å². The van der Waals surface area contributed by atoms with Gasteiger partial charge in [-0.1, -0.05) is 42.2 Å². The fourth-order valence-electron chi connectivity index (χ4n) is 10.3. The van der Waals surface area contributed by atoms with Crippen LogP contribution in [0, 0.1) is 35.5 Å². The van der Waals surface area contributed by atoms with E-state index in [1.807, 2.05) is 24.3 Å². The first-order chi connectivity index (χ1) is 27.7. The van der Waals surface area contributed by atoms with E-state index >= 15 is 0 Å². The number of hydrogen-bond acceptors (Lipinski definition) is 9. The van der Waals surface area contributed by atoms with Crippen LogP contribution in [0.15, 0.2) is 60.7 Å². The molecule has 7 atom stereocenters. The SMILES string of the molecule is COc1cc2c(cc1O)C1=CC3CCC4CC(O)CCC4C3C2CC(=O)CC(CCc2ccc(O)c(OCCO)c2)OC(=O)CC#CCc2c1[nH]c1ccccc21. The van der Waals surface area contributed by atoms with Gasteiger partial charge in [0.25, 0.3) is 0 Å². The lowest BCUT2D eigenvalue weighted by atomic mass is 9.56. The largest absolute Gasteiger partial charge is 0.504 e. The van der Waals surface area contributed by atoms with Gasteiger partial charge in [-0.05, 0) is 127 Å². The first kappa shape index (κ1) is 38.6. The zero-order valence-corrected chi connectivity index (χ0v) is 32.3. The Kier molecular flexibility index (Phi) is 11.3. The monoisotopic (exact) mass is 773 g/mol. The van der Waals surface area contributed by atoms with Crippen LogP contribution in [0.5, 0.6) is 23.0 Å². The van der Waals surface area contributed by atoms with Crippen molar-refractivity contribution in [3.63, 3.8) is 0 Å². The first-order valence-electron chi connectivity index (χ1n) is 20.3. The molecule has 298 valence electrons. The van der Waals surface area contributed by atoms with E-state index < -0.39 is 12.1 Å². The van der Waals surface area contributed by atoms with Crippen molar-refractivity contribution in [2.75, 3.05) is 20.3 Å². The number of Topliss-reactive ketones (excluding diaryl/α,β-unsaturated/α-hetero) is 1. The molecule has 57 heavy (non-hydrogen) atoms. The Morgan fingerprint density at radius 1 is 0.930 bits per heavy atom. The Morgan fingerprint density at radius 2 is 1.77 bits per heavy atom. The van der Waals surface area contributed by atoms with Crippen LogP contribution in [-0.4, -0.2) is 69.7 Å². The number of fused-ring (bicyclic) bond motifs is 8. The number of benzene rings is 3. The lowest BCUT2D eigenvalue weighted by molar-refractivity contribution is -0.149. The summed E-state index contributed by atoms with van der Waals surface area (Å²) in [6, 6.07) is 16.8. The maximum Gasteiger partial charge on any atom is 0.318 e. The van der Waals surface area contributed by atoms with Crippen molar-refractivity contribution in [1.29, 1.82) is 0 Å². The predicted octanol–water partition coefficient (Wildman–Crippen LogP) is 7.13. The number of cyclic esters (lactones) is 1. The van der Waals surface area contributed by atoms with E-state index in [1.165, 1.54) is 6.07 Å². The fraction of sp³-hybridized carbons (Fsp3) is 0.447. The number of esters is 1. The van der Waals surface area contributed by atoms with Crippen LogP contribution in [0.1, 0.15) is 91.7 Å². The van der Waals surface area contributed by atoms with Crippen LogP contribution >= 0.6 is 0 Å². The average molecular weight is 774 g/mol. The van der Waals surface area contributed by atoms with E-state index in [0.717, 1.165) is 76.5 Å². The third-order valence-corrected chi connectivity index (χ3v) is 12.8.